The monoisotopic (exact) mass is 227 g/mol. The molecule has 0 aromatic carbocycles. The molecule has 3 atom stereocenters. The highest BCUT2D eigenvalue weighted by molar-refractivity contribution is 4.76. The molecule has 1 aliphatic carbocycles. The van der Waals surface area contributed by atoms with E-state index in [1.807, 2.05) is 0 Å². The van der Waals surface area contributed by atoms with Crippen LogP contribution in [0.1, 0.15) is 59.3 Å². The van der Waals surface area contributed by atoms with Crippen molar-refractivity contribution in [1.29, 1.82) is 0 Å². The van der Waals surface area contributed by atoms with Gasteiger partial charge in [-0.25, -0.2) is 0 Å². The Balaban J connectivity index is 2.22. The van der Waals surface area contributed by atoms with Crippen LogP contribution in [0.15, 0.2) is 0 Å². The van der Waals surface area contributed by atoms with Crippen LogP contribution in [0, 0.1) is 5.92 Å². The Bertz CT molecular complexity index is 172. The molecule has 0 aliphatic heterocycles. The van der Waals surface area contributed by atoms with Crippen LogP contribution < -0.4 is 5.32 Å². The lowest BCUT2D eigenvalue weighted by Crippen LogP contribution is -2.35. The van der Waals surface area contributed by atoms with E-state index in [4.69, 9.17) is 4.74 Å². The van der Waals surface area contributed by atoms with E-state index in [0.717, 1.165) is 19.0 Å². The average molecular weight is 227 g/mol. The summed E-state index contributed by atoms with van der Waals surface area (Å²) in [6.07, 6.45) is 8.78. The SMILES string of the molecule is CCCNCC(C)OC1CCCCC1CC. The predicted octanol–water partition coefficient (Wildman–Crippen LogP) is 3.36. The summed E-state index contributed by atoms with van der Waals surface area (Å²) >= 11 is 0. The normalized spacial score (nSPS) is 27.9. The molecule has 1 rings (SSSR count). The lowest BCUT2D eigenvalue weighted by molar-refractivity contribution is -0.0520. The van der Waals surface area contributed by atoms with Crippen molar-refractivity contribution in [3.8, 4) is 0 Å². The third-order valence-corrected chi connectivity index (χ3v) is 3.63. The minimum atomic E-state index is 0.365. The lowest BCUT2D eigenvalue weighted by Gasteiger charge is -2.33. The number of hydrogen-bond acceptors (Lipinski definition) is 2. The zero-order valence-electron chi connectivity index (χ0n) is 11.3. The molecule has 0 aromatic rings. The molecular formula is C14H29NO. The van der Waals surface area contributed by atoms with Crippen LogP contribution in [0.4, 0.5) is 0 Å². The first-order valence-corrected chi connectivity index (χ1v) is 7.14. The van der Waals surface area contributed by atoms with E-state index in [2.05, 4.69) is 26.1 Å². The van der Waals surface area contributed by atoms with Gasteiger partial charge in [0, 0.05) is 6.54 Å². The van der Waals surface area contributed by atoms with Gasteiger partial charge in [0.1, 0.15) is 0 Å². The molecule has 0 radical (unpaired) electrons. The van der Waals surface area contributed by atoms with Gasteiger partial charge in [-0.15, -0.1) is 0 Å². The summed E-state index contributed by atoms with van der Waals surface area (Å²) in [7, 11) is 0. The first-order valence-electron chi connectivity index (χ1n) is 7.14. The fraction of sp³-hybridized carbons (Fsp3) is 1.00. The van der Waals surface area contributed by atoms with Crippen molar-refractivity contribution in [2.75, 3.05) is 13.1 Å². The zero-order valence-corrected chi connectivity index (χ0v) is 11.3. The van der Waals surface area contributed by atoms with E-state index >= 15 is 0 Å². The molecule has 0 saturated heterocycles. The second kappa shape index (κ2) is 8.08. The third-order valence-electron chi connectivity index (χ3n) is 3.63. The van der Waals surface area contributed by atoms with Crippen molar-refractivity contribution < 1.29 is 4.74 Å². The Hall–Kier alpha value is -0.0800. The molecule has 16 heavy (non-hydrogen) atoms. The minimum Gasteiger partial charge on any atom is -0.374 e. The molecule has 1 fully saturated rings. The van der Waals surface area contributed by atoms with Crippen LogP contribution in [0.2, 0.25) is 0 Å². The van der Waals surface area contributed by atoms with E-state index in [9.17, 15) is 0 Å². The second-order valence-corrected chi connectivity index (χ2v) is 5.14. The Labute approximate surface area is 101 Å². The summed E-state index contributed by atoms with van der Waals surface area (Å²) in [4.78, 5) is 0. The lowest BCUT2D eigenvalue weighted by atomic mass is 9.84. The Kier molecular flexibility index (Phi) is 7.06. The molecule has 2 heteroatoms. The first-order chi connectivity index (χ1) is 7.77. The summed E-state index contributed by atoms with van der Waals surface area (Å²) in [6.45, 7) is 8.81. The fourth-order valence-electron chi connectivity index (χ4n) is 2.65. The molecule has 0 amide bonds. The largest absolute Gasteiger partial charge is 0.374 e. The summed E-state index contributed by atoms with van der Waals surface area (Å²) in [6, 6.07) is 0. The number of ether oxygens (including phenoxy) is 1. The topological polar surface area (TPSA) is 21.3 Å². The van der Waals surface area contributed by atoms with Crippen LogP contribution in [0.3, 0.4) is 0 Å². The highest BCUT2D eigenvalue weighted by Crippen LogP contribution is 2.29. The number of nitrogens with one attached hydrogen (secondary N) is 1. The van der Waals surface area contributed by atoms with Gasteiger partial charge in [-0.05, 0) is 38.6 Å². The van der Waals surface area contributed by atoms with E-state index in [0.29, 0.717) is 12.2 Å². The van der Waals surface area contributed by atoms with Gasteiger partial charge in [-0.1, -0.05) is 33.1 Å². The molecule has 1 aliphatic rings. The number of rotatable bonds is 7. The summed E-state index contributed by atoms with van der Waals surface area (Å²) in [5.74, 6) is 0.808. The summed E-state index contributed by atoms with van der Waals surface area (Å²) < 4.78 is 6.18. The Morgan fingerprint density at radius 1 is 1.25 bits per heavy atom. The summed E-state index contributed by atoms with van der Waals surface area (Å²) in [5.41, 5.74) is 0. The van der Waals surface area contributed by atoms with Gasteiger partial charge in [0.15, 0.2) is 0 Å². The smallest absolute Gasteiger partial charge is 0.0675 e. The van der Waals surface area contributed by atoms with Crippen LogP contribution in [0.25, 0.3) is 0 Å². The maximum Gasteiger partial charge on any atom is 0.0675 e. The van der Waals surface area contributed by atoms with Crippen molar-refractivity contribution in [3.05, 3.63) is 0 Å². The van der Waals surface area contributed by atoms with E-state index in [1.165, 1.54) is 38.5 Å². The van der Waals surface area contributed by atoms with E-state index < -0.39 is 0 Å². The Morgan fingerprint density at radius 3 is 2.69 bits per heavy atom. The van der Waals surface area contributed by atoms with Crippen LogP contribution in [-0.2, 0) is 4.74 Å². The summed E-state index contributed by atoms with van der Waals surface area (Å²) in [5, 5.41) is 3.43. The van der Waals surface area contributed by atoms with Crippen molar-refractivity contribution in [2.24, 2.45) is 5.92 Å². The molecule has 0 aromatic heterocycles. The molecule has 0 spiro atoms. The van der Waals surface area contributed by atoms with Gasteiger partial charge in [0.25, 0.3) is 0 Å². The second-order valence-electron chi connectivity index (χ2n) is 5.14. The van der Waals surface area contributed by atoms with Gasteiger partial charge in [0.05, 0.1) is 12.2 Å². The standard InChI is InChI=1S/C14H29NO/c1-4-10-15-11-12(3)16-14-9-7-6-8-13(14)5-2/h12-15H,4-11H2,1-3H3. The molecule has 3 unspecified atom stereocenters. The van der Waals surface area contributed by atoms with Crippen molar-refractivity contribution in [2.45, 2.75) is 71.5 Å². The molecule has 1 N–H and O–H groups in total. The van der Waals surface area contributed by atoms with Crippen molar-refractivity contribution in [3.63, 3.8) is 0 Å². The molecule has 1 saturated carbocycles. The van der Waals surface area contributed by atoms with Crippen molar-refractivity contribution >= 4 is 0 Å². The van der Waals surface area contributed by atoms with E-state index in [1.54, 1.807) is 0 Å². The molecular weight excluding hydrogens is 198 g/mol. The fourth-order valence-corrected chi connectivity index (χ4v) is 2.65. The molecule has 2 nitrogen and oxygen atoms in total. The maximum absolute atomic E-state index is 6.18. The zero-order chi connectivity index (χ0) is 11.8. The van der Waals surface area contributed by atoms with E-state index in [-0.39, 0.29) is 0 Å². The molecule has 96 valence electrons. The van der Waals surface area contributed by atoms with Crippen molar-refractivity contribution in [1.82, 2.24) is 5.32 Å². The minimum absolute atomic E-state index is 0.365. The average Bonchev–Trinajstić information content (AvgIpc) is 2.30. The van der Waals surface area contributed by atoms with Gasteiger partial charge in [-0.3, -0.25) is 0 Å². The van der Waals surface area contributed by atoms with Crippen LogP contribution in [-0.4, -0.2) is 25.3 Å². The third kappa shape index (κ3) is 4.84. The highest BCUT2D eigenvalue weighted by atomic mass is 16.5. The van der Waals surface area contributed by atoms with Crippen LogP contribution in [0.5, 0.6) is 0 Å². The van der Waals surface area contributed by atoms with Gasteiger partial charge < -0.3 is 10.1 Å². The predicted molar refractivity (Wildman–Crippen MR) is 69.7 cm³/mol. The van der Waals surface area contributed by atoms with Gasteiger partial charge in [0.2, 0.25) is 0 Å². The highest BCUT2D eigenvalue weighted by Gasteiger charge is 2.25. The van der Waals surface area contributed by atoms with Gasteiger partial charge in [-0.2, -0.15) is 0 Å². The number of hydrogen-bond donors (Lipinski definition) is 1. The van der Waals surface area contributed by atoms with Crippen LogP contribution >= 0.6 is 0 Å². The molecule has 0 bridgehead atoms. The molecule has 0 heterocycles. The van der Waals surface area contributed by atoms with Gasteiger partial charge >= 0.3 is 0 Å². The maximum atomic E-state index is 6.18. The quantitative estimate of drug-likeness (QED) is 0.673. The first kappa shape index (κ1) is 14.0. The Morgan fingerprint density at radius 2 is 2.00 bits per heavy atom.